The molecule has 0 aromatic rings. The Morgan fingerprint density at radius 1 is 1.05 bits per heavy atom. The summed E-state index contributed by atoms with van der Waals surface area (Å²) in [6, 6.07) is 0. The van der Waals surface area contributed by atoms with Gasteiger partial charge in [0.05, 0.1) is 5.70 Å². The van der Waals surface area contributed by atoms with Crippen LogP contribution in [0.1, 0.15) is 71.1 Å². The molecule has 22 heavy (non-hydrogen) atoms. The monoisotopic (exact) mass is 541 g/mol. The molecule has 0 N–H and O–H groups in total. The molecule has 1 heterocycles. The zero-order chi connectivity index (χ0) is 15.3. The summed E-state index contributed by atoms with van der Waals surface area (Å²) in [6.45, 7) is 2.26. The van der Waals surface area contributed by atoms with Crippen molar-refractivity contribution < 1.29 is 27.2 Å². The van der Waals surface area contributed by atoms with Crippen LogP contribution in [0.5, 0.6) is 0 Å². The molecule has 0 unspecified atom stereocenters. The first-order valence-corrected chi connectivity index (χ1v) is 10.3. The molecule has 130 valence electrons. The van der Waals surface area contributed by atoms with Crippen LogP contribution >= 0.6 is 23.5 Å². The van der Waals surface area contributed by atoms with Crippen molar-refractivity contribution in [2.75, 3.05) is 5.75 Å². The largest absolute Gasteiger partial charge is 1.00 e. The van der Waals surface area contributed by atoms with Gasteiger partial charge in [-0.2, -0.15) is 5.41 Å². The van der Waals surface area contributed by atoms with E-state index in [0.717, 1.165) is 10.1 Å². The molecule has 1 aliphatic heterocycles. The van der Waals surface area contributed by atoms with Gasteiger partial charge in [-0.25, -0.2) is 4.99 Å². The van der Waals surface area contributed by atoms with E-state index in [1.165, 1.54) is 81.4 Å². The Hall–Kier alpha value is 0.740. The van der Waals surface area contributed by atoms with Crippen molar-refractivity contribution >= 4 is 45.6 Å². The third kappa shape index (κ3) is 10.5. The molecule has 0 radical (unpaired) electrons. The van der Waals surface area contributed by atoms with Crippen LogP contribution in [0.15, 0.2) is 16.1 Å². The van der Waals surface area contributed by atoms with Crippen molar-refractivity contribution in [2.45, 2.75) is 71.1 Å². The normalized spacial score (nSPS) is 16.0. The van der Waals surface area contributed by atoms with Gasteiger partial charge in [0.15, 0.2) is 0 Å². The number of rotatable bonds is 11. The van der Waals surface area contributed by atoms with Crippen molar-refractivity contribution in [3.05, 3.63) is 11.1 Å². The summed E-state index contributed by atoms with van der Waals surface area (Å²) in [4.78, 5) is 15.6. The molecule has 0 aromatic carbocycles. The van der Waals surface area contributed by atoms with Gasteiger partial charge in [-0.3, -0.25) is 4.79 Å². The summed E-state index contributed by atoms with van der Waals surface area (Å²) in [6.07, 6.45) is 13.5. The Labute approximate surface area is 165 Å². The van der Waals surface area contributed by atoms with E-state index in [1.807, 2.05) is 0 Å². The second-order valence-electron chi connectivity index (χ2n) is 5.30. The van der Waals surface area contributed by atoms with Crippen molar-refractivity contribution in [3.63, 3.8) is 0 Å². The maximum atomic E-state index is 11.4. The molecular weight excluding hydrogens is 515 g/mol. The Bertz CT molecular complexity index is 372. The standard InChI is InChI=1S/C16H27NOS3.Au/c1-2-3-4-5-6-7-8-9-10-11-12-20-16-17-14(13-19)15(18)21-16;/h13,19H,2-12H2,1H3;/q;+1/p-1/b14-13+;. The Morgan fingerprint density at radius 2 is 1.59 bits per heavy atom. The molecule has 0 amide bonds. The number of carbonyl (C=O) groups is 1. The third-order valence-electron chi connectivity index (χ3n) is 3.44. The summed E-state index contributed by atoms with van der Waals surface area (Å²) in [7, 11) is 0. The van der Waals surface area contributed by atoms with Gasteiger partial charge in [0.2, 0.25) is 5.12 Å². The number of hydrogen-bond acceptors (Lipinski definition) is 5. The van der Waals surface area contributed by atoms with Gasteiger partial charge in [-0.1, -0.05) is 76.5 Å². The number of thioether (sulfide) groups is 2. The molecule has 0 saturated heterocycles. The average Bonchev–Trinajstić information content (AvgIpc) is 2.85. The summed E-state index contributed by atoms with van der Waals surface area (Å²) < 4.78 is 0.868. The fraction of sp³-hybridized carbons (Fsp3) is 0.750. The minimum absolute atomic E-state index is 0. The quantitative estimate of drug-likeness (QED) is 0.146. The van der Waals surface area contributed by atoms with Crippen LogP contribution in [0.25, 0.3) is 0 Å². The molecule has 0 spiro atoms. The molecule has 0 aromatic heterocycles. The molecule has 1 aliphatic rings. The molecule has 0 aliphatic carbocycles. The second kappa shape index (κ2) is 15.3. The first-order valence-electron chi connectivity index (χ1n) is 8.03. The van der Waals surface area contributed by atoms with Crippen molar-refractivity contribution in [1.29, 1.82) is 0 Å². The Morgan fingerprint density at radius 3 is 2.09 bits per heavy atom. The molecule has 1 rings (SSSR count). The first kappa shape index (κ1) is 22.7. The van der Waals surface area contributed by atoms with Crippen LogP contribution in [0.2, 0.25) is 0 Å². The smallest absolute Gasteiger partial charge is 0.785 e. The number of aliphatic imine (C=N–C) groups is 1. The van der Waals surface area contributed by atoms with E-state index in [0.29, 0.717) is 5.70 Å². The molecular formula is C16H26AuNOS3. The van der Waals surface area contributed by atoms with Gasteiger partial charge in [-0.05, 0) is 18.2 Å². The minimum atomic E-state index is -0.00410. The van der Waals surface area contributed by atoms with E-state index >= 15 is 0 Å². The van der Waals surface area contributed by atoms with Crippen LogP contribution in [-0.2, 0) is 39.8 Å². The number of carbonyl (C=O) groups excluding carboxylic acids is 1. The van der Waals surface area contributed by atoms with Crippen LogP contribution in [0, 0.1) is 0 Å². The molecule has 0 fully saturated rings. The van der Waals surface area contributed by atoms with E-state index in [9.17, 15) is 4.79 Å². The van der Waals surface area contributed by atoms with E-state index in [4.69, 9.17) is 12.6 Å². The average molecular weight is 542 g/mol. The molecule has 0 bridgehead atoms. The SMILES string of the molecule is CCCCCCCCCCCCSC1=N/C(=C/[S-])C(=O)S1.[Au+]. The van der Waals surface area contributed by atoms with Gasteiger partial charge in [0, 0.05) is 5.75 Å². The number of nitrogens with zero attached hydrogens (tertiary/aromatic N) is 1. The van der Waals surface area contributed by atoms with Crippen LogP contribution in [0.4, 0.5) is 0 Å². The topological polar surface area (TPSA) is 29.4 Å². The number of unbranched alkanes of at least 4 members (excludes halogenated alkanes) is 9. The first-order chi connectivity index (χ1) is 10.3. The molecule has 6 heteroatoms. The summed E-state index contributed by atoms with van der Waals surface area (Å²) in [5.74, 6) is 1.06. The van der Waals surface area contributed by atoms with Crippen LogP contribution < -0.4 is 0 Å². The number of hydrogen-bond donors (Lipinski definition) is 0. The van der Waals surface area contributed by atoms with Crippen LogP contribution in [0.3, 0.4) is 0 Å². The summed E-state index contributed by atoms with van der Waals surface area (Å²) in [5, 5.41) is 1.37. The van der Waals surface area contributed by atoms with Gasteiger partial charge in [0.25, 0.3) is 0 Å². The molecule has 2 nitrogen and oxygen atoms in total. The zero-order valence-corrected chi connectivity index (χ0v) is 17.9. The van der Waals surface area contributed by atoms with Crippen molar-refractivity contribution in [3.8, 4) is 0 Å². The van der Waals surface area contributed by atoms with Gasteiger partial charge in [-0.15, -0.1) is 0 Å². The van der Waals surface area contributed by atoms with E-state index < -0.39 is 0 Å². The fourth-order valence-electron chi connectivity index (χ4n) is 2.18. The maximum Gasteiger partial charge on any atom is 1.00 e. The summed E-state index contributed by atoms with van der Waals surface area (Å²) in [5.41, 5.74) is 0.431. The van der Waals surface area contributed by atoms with Gasteiger partial charge < -0.3 is 12.6 Å². The third-order valence-corrected chi connectivity index (χ3v) is 5.75. The van der Waals surface area contributed by atoms with Crippen molar-refractivity contribution in [2.24, 2.45) is 4.99 Å². The second-order valence-corrected chi connectivity index (χ2v) is 7.84. The Balaban J connectivity index is 0.00000441. The Kier molecular flexibility index (Phi) is 15.8. The molecule has 0 atom stereocenters. The van der Waals surface area contributed by atoms with Gasteiger partial charge >= 0.3 is 22.4 Å². The van der Waals surface area contributed by atoms with E-state index in [2.05, 4.69) is 11.9 Å². The van der Waals surface area contributed by atoms with Gasteiger partial charge in [0.1, 0.15) is 4.38 Å². The van der Waals surface area contributed by atoms with Crippen LogP contribution in [-0.4, -0.2) is 15.2 Å². The van der Waals surface area contributed by atoms with E-state index in [1.54, 1.807) is 11.8 Å². The maximum absolute atomic E-state index is 11.4. The molecule has 0 saturated carbocycles. The predicted octanol–water partition coefficient (Wildman–Crippen LogP) is 5.66. The minimum Gasteiger partial charge on any atom is -0.785 e. The van der Waals surface area contributed by atoms with E-state index in [-0.39, 0.29) is 27.5 Å². The fourth-order valence-corrected chi connectivity index (χ4v) is 4.33. The van der Waals surface area contributed by atoms with Crippen molar-refractivity contribution in [1.82, 2.24) is 0 Å². The zero-order valence-electron chi connectivity index (χ0n) is 13.2. The predicted molar refractivity (Wildman–Crippen MR) is 99.8 cm³/mol. The summed E-state index contributed by atoms with van der Waals surface area (Å²) >= 11 is 7.67.